The summed E-state index contributed by atoms with van der Waals surface area (Å²) in [4.78, 5) is 19.1. The van der Waals surface area contributed by atoms with Gasteiger partial charge in [0, 0.05) is 42.6 Å². The zero-order valence-electron chi connectivity index (χ0n) is 21.7. The summed E-state index contributed by atoms with van der Waals surface area (Å²) < 4.78 is 6.21. The number of ether oxygens (including phenoxy) is 1. The number of β-amino-alcohol motifs (C(OH)–C–C–N with tert-alkyl or cyclic N) is 1. The average Bonchev–Trinajstić information content (AvgIpc) is 2.89. The number of nitrogens with two attached hydrogens (primary N) is 1. The van der Waals surface area contributed by atoms with Gasteiger partial charge in [-0.25, -0.2) is 0 Å². The van der Waals surface area contributed by atoms with Crippen molar-refractivity contribution in [2.45, 2.75) is 50.3 Å². The lowest BCUT2D eigenvalue weighted by Crippen LogP contribution is -2.53. The number of pyridine rings is 1. The normalized spacial score (nSPS) is 20.6. The van der Waals surface area contributed by atoms with Gasteiger partial charge < -0.3 is 36.2 Å². The lowest BCUT2D eigenvalue weighted by molar-refractivity contribution is 0.0140. The Balaban J connectivity index is 1.21. The van der Waals surface area contributed by atoms with Crippen molar-refractivity contribution in [3.63, 3.8) is 0 Å². The molecule has 0 aliphatic carbocycles. The molecule has 3 aromatic rings. The lowest BCUT2D eigenvalue weighted by Gasteiger charge is -2.43. The van der Waals surface area contributed by atoms with Gasteiger partial charge in [0.1, 0.15) is 17.5 Å². The lowest BCUT2D eigenvalue weighted by atomic mass is 9.83. The van der Waals surface area contributed by atoms with Crippen LogP contribution in [0.15, 0.2) is 66.9 Å². The highest BCUT2D eigenvalue weighted by Crippen LogP contribution is 2.43. The monoisotopic (exact) mass is 517 g/mol. The molecule has 9 heteroatoms. The molecule has 1 fully saturated rings. The number of carbonyl (C=O) groups is 1. The van der Waals surface area contributed by atoms with Gasteiger partial charge in [-0.15, -0.1) is 0 Å². The zero-order valence-corrected chi connectivity index (χ0v) is 21.7. The van der Waals surface area contributed by atoms with Gasteiger partial charge in [-0.2, -0.15) is 0 Å². The second-order valence-electron chi connectivity index (χ2n) is 10.8. The fourth-order valence-electron chi connectivity index (χ4n) is 5.11. The third-order valence-corrected chi connectivity index (χ3v) is 7.03. The first-order valence-corrected chi connectivity index (χ1v) is 12.9. The van der Waals surface area contributed by atoms with Crippen molar-refractivity contribution in [2.75, 3.05) is 25.0 Å². The molecule has 0 unspecified atom stereocenters. The van der Waals surface area contributed by atoms with Crippen molar-refractivity contribution in [3.05, 3.63) is 89.2 Å². The SMILES string of the molecule is CC(C)(O)CN1CCC(Oc2ccc([C@]3(N)Nc4ccc(C(=O)N[C@@H](O)c5ccccn5)cc43)cc2)CC1. The van der Waals surface area contributed by atoms with Crippen LogP contribution < -0.4 is 21.1 Å². The second kappa shape index (κ2) is 10.3. The summed E-state index contributed by atoms with van der Waals surface area (Å²) in [6.45, 7) is 6.12. The molecule has 3 heterocycles. The van der Waals surface area contributed by atoms with Crippen molar-refractivity contribution >= 4 is 11.6 Å². The smallest absolute Gasteiger partial charge is 0.253 e. The Bertz CT molecular complexity index is 1270. The molecule has 0 spiro atoms. The molecular weight excluding hydrogens is 482 g/mol. The minimum Gasteiger partial charge on any atom is -0.490 e. The molecule has 2 aliphatic heterocycles. The largest absolute Gasteiger partial charge is 0.490 e. The maximum atomic E-state index is 12.8. The molecule has 1 saturated heterocycles. The first-order valence-electron chi connectivity index (χ1n) is 12.9. The summed E-state index contributed by atoms with van der Waals surface area (Å²) in [6.07, 6.45) is 2.30. The molecule has 1 aromatic heterocycles. The van der Waals surface area contributed by atoms with Crippen molar-refractivity contribution in [2.24, 2.45) is 5.73 Å². The quantitative estimate of drug-likeness (QED) is 0.288. The number of benzene rings is 2. The fourth-order valence-corrected chi connectivity index (χ4v) is 5.11. The summed E-state index contributed by atoms with van der Waals surface area (Å²) in [6, 6.07) is 18.1. The predicted molar refractivity (Wildman–Crippen MR) is 145 cm³/mol. The number of carbonyl (C=O) groups excluding carboxylic acids is 1. The number of piperidine rings is 1. The van der Waals surface area contributed by atoms with Gasteiger partial charge in [0.15, 0.2) is 6.23 Å². The van der Waals surface area contributed by atoms with Crippen LogP contribution in [0.4, 0.5) is 5.69 Å². The van der Waals surface area contributed by atoms with E-state index in [1.165, 1.54) is 0 Å². The van der Waals surface area contributed by atoms with E-state index in [4.69, 9.17) is 10.5 Å². The van der Waals surface area contributed by atoms with Crippen LogP contribution in [0.3, 0.4) is 0 Å². The fraction of sp³-hybridized carbons (Fsp3) is 0.379. The van der Waals surface area contributed by atoms with Crippen LogP contribution in [0, 0.1) is 0 Å². The molecule has 1 amide bonds. The Morgan fingerprint density at radius 3 is 2.61 bits per heavy atom. The maximum absolute atomic E-state index is 12.8. The topological polar surface area (TPSA) is 133 Å². The maximum Gasteiger partial charge on any atom is 0.253 e. The van der Waals surface area contributed by atoms with Crippen LogP contribution in [0.25, 0.3) is 0 Å². The predicted octanol–water partition coefficient (Wildman–Crippen LogP) is 2.70. The minimum absolute atomic E-state index is 0.135. The number of likely N-dealkylation sites (tertiary alicyclic amines) is 1. The van der Waals surface area contributed by atoms with Gasteiger partial charge in [0.2, 0.25) is 0 Å². The molecular formula is C29H35N5O4. The highest BCUT2D eigenvalue weighted by atomic mass is 16.5. The highest BCUT2D eigenvalue weighted by Gasteiger charge is 2.41. The Hall–Kier alpha value is -3.50. The van der Waals surface area contributed by atoms with E-state index < -0.39 is 23.4 Å². The summed E-state index contributed by atoms with van der Waals surface area (Å²) in [7, 11) is 0. The number of aromatic nitrogens is 1. The minimum atomic E-state index is -1.21. The van der Waals surface area contributed by atoms with Crippen LogP contribution in [-0.2, 0) is 5.66 Å². The molecule has 38 heavy (non-hydrogen) atoms. The second-order valence-corrected chi connectivity index (χ2v) is 10.8. The van der Waals surface area contributed by atoms with E-state index in [2.05, 4.69) is 20.5 Å². The first-order chi connectivity index (χ1) is 18.1. The summed E-state index contributed by atoms with van der Waals surface area (Å²) in [5.41, 5.74) is 8.35. The number of amides is 1. The van der Waals surface area contributed by atoms with Crippen molar-refractivity contribution in [3.8, 4) is 5.75 Å². The number of anilines is 1. The number of hydrogen-bond donors (Lipinski definition) is 5. The van der Waals surface area contributed by atoms with Gasteiger partial charge >= 0.3 is 0 Å². The van der Waals surface area contributed by atoms with E-state index in [0.29, 0.717) is 17.8 Å². The standard InChI is InChI=1S/C29H35N5O4/c1-28(2,37)18-34-15-12-22(13-16-34)38-21-9-7-20(8-10-21)29(30)23-17-19(6-11-24(23)33-29)26(35)32-27(36)25-5-3-4-14-31-25/h3-11,14,17,22,27,33,36-37H,12-13,15-16,18,30H2,1-2H3,(H,32,35)/t27-,29-/m0/s1. The van der Waals surface area contributed by atoms with Gasteiger partial charge in [0.25, 0.3) is 5.91 Å². The van der Waals surface area contributed by atoms with Crippen LogP contribution in [-0.4, -0.2) is 57.3 Å². The van der Waals surface area contributed by atoms with E-state index in [0.717, 1.165) is 48.5 Å². The molecule has 2 atom stereocenters. The van der Waals surface area contributed by atoms with Crippen LogP contribution in [0.1, 0.15) is 60.1 Å². The summed E-state index contributed by atoms with van der Waals surface area (Å²) in [5, 5.41) is 26.2. The van der Waals surface area contributed by atoms with Crippen molar-refractivity contribution in [1.82, 2.24) is 15.2 Å². The zero-order chi connectivity index (χ0) is 26.9. The molecule has 6 N–H and O–H groups in total. The molecule has 0 radical (unpaired) electrons. The number of nitrogens with zero attached hydrogens (tertiary/aromatic N) is 2. The Morgan fingerprint density at radius 1 is 1.21 bits per heavy atom. The first kappa shape index (κ1) is 26.1. The summed E-state index contributed by atoms with van der Waals surface area (Å²) in [5.74, 6) is 0.368. The van der Waals surface area contributed by atoms with Gasteiger partial charge in [-0.3, -0.25) is 9.78 Å². The van der Waals surface area contributed by atoms with E-state index in [1.54, 1.807) is 36.5 Å². The van der Waals surface area contributed by atoms with Crippen molar-refractivity contribution < 1.29 is 19.7 Å². The average molecular weight is 518 g/mol. The molecule has 9 nitrogen and oxygen atoms in total. The van der Waals surface area contributed by atoms with Crippen LogP contribution in [0.2, 0.25) is 0 Å². The summed E-state index contributed by atoms with van der Waals surface area (Å²) >= 11 is 0. The molecule has 200 valence electrons. The number of hydrogen-bond acceptors (Lipinski definition) is 8. The van der Waals surface area contributed by atoms with E-state index in [-0.39, 0.29) is 6.10 Å². The Kier molecular flexibility index (Phi) is 7.11. The highest BCUT2D eigenvalue weighted by molar-refractivity contribution is 5.96. The Morgan fingerprint density at radius 2 is 1.95 bits per heavy atom. The van der Waals surface area contributed by atoms with Crippen LogP contribution in [0.5, 0.6) is 5.75 Å². The molecule has 0 saturated carbocycles. The number of aliphatic hydroxyl groups is 2. The van der Waals surface area contributed by atoms with Crippen LogP contribution >= 0.6 is 0 Å². The number of aliphatic hydroxyl groups excluding tert-OH is 1. The number of fused-ring (bicyclic) bond motifs is 1. The van der Waals surface area contributed by atoms with Gasteiger partial charge in [0.05, 0.1) is 11.3 Å². The van der Waals surface area contributed by atoms with Crippen molar-refractivity contribution in [1.29, 1.82) is 0 Å². The van der Waals surface area contributed by atoms with Gasteiger partial charge in [-0.1, -0.05) is 18.2 Å². The van der Waals surface area contributed by atoms with E-state index >= 15 is 0 Å². The molecule has 5 rings (SSSR count). The number of rotatable bonds is 8. The number of nitrogens with one attached hydrogen (secondary N) is 2. The molecule has 0 bridgehead atoms. The Labute approximate surface area is 222 Å². The van der Waals surface area contributed by atoms with Gasteiger partial charge in [-0.05, 0) is 74.7 Å². The molecule has 2 aliphatic rings. The molecule has 2 aromatic carbocycles. The van der Waals surface area contributed by atoms with E-state index in [1.807, 2.05) is 44.2 Å². The third-order valence-electron chi connectivity index (χ3n) is 7.03. The van der Waals surface area contributed by atoms with E-state index in [9.17, 15) is 15.0 Å². The third kappa shape index (κ3) is 5.66.